The lowest BCUT2D eigenvalue weighted by molar-refractivity contribution is -0.0670. The molecule has 3 atom stereocenters. The Hall–Kier alpha value is -2.21. The lowest BCUT2D eigenvalue weighted by Crippen LogP contribution is -2.61. The highest BCUT2D eigenvalue weighted by Crippen LogP contribution is 2.45. The summed E-state index contributed by atoms with van der Waals surface area (Å²) >= 11 is 0. The van der Waals surface area contributed by atoms with E-state index in [-0.39, 0.29) is 22.7 Å². The maximum atomic E-state index is 13.2. The van der Waals surface area contributed by atoms with Crippen LogP contribution in [0, 0.1) is 5.41 Å². The number of rotatable bonds is 4. The molecule has 0 aliphatic carbocycles. The Balaban J connectivity index is 1.75. The summed E-state index contributed by atoms with van der Waals surface area (Å²) in [6.45, 7) is 11.6. The zero-order chi connectivity index (χ0) is 22.6. The van der Waals surface area contributed by atoms with Gasteiger partial charge >= 0.3 is 5.97 Å². The highest BCUT2D eigenvalue weighted by molar-refractivity contribution is 5.88. The Morgan fingerprint density at radius 3 is 2.26 bits per heavy atom. The number of hydrogen-bond acceptors (Lipinski definition) is 4. The second kappa shape index (κ2) is 7.73. The molecule has 1 N–H and O–H groups in total. The minimum Gasteiger partial charge on any atom is -0.476 e. The van der Waals surface area contributed by atoms with E-state index in [0.717, 1.165) is 37.6 Å². The SMILES string of the molecule is CC(C)(C)CC(C)(C)N1[C@@H]2CCC[C@H]1CC(n1c(=O)c(C(=O)O)nc3ccccc31)C2. The van der Waals surface area contributed by atoms with Crippen LogP contribution in [0.5, 0.6) is 0 Å². The molecule has 3 heterocycles. The van der Waals surface area contributed by atoms with E-state index in [1.165, 1.54) is 6.42 Å². The van der Waals surface area contributed by atoms with E-state index >= 15 is 0 Å². The standard InChI is InChI=1S/C25H35N3O3/c1-24(2,3)15-25(4,5)28-16-9-8-10-17(28)14-18(13-16)27-20-12-7-6-11-19(20)26-21(22(27)29)23(30)31/h6-7,11-12,16-18H,8-10,13-15H2,1-5H3,(H,30,31)/t16-,17+,18?. The number of benzene rings is 1. The predicted octanol–water partition coefficient (Wildman–Crippen LogP) is 4.87. The molecule has 6 nitrogen and oxygen atoms in total. The molecule has 0 saturated carbocycles. The molecule has 6 heteroatoms. The van der Waals surface area contributed by atoms with E-state index in [1.807, 2.05) is 18.2 Å². The van der Waals surface area contributed by atoms with Gasteiger partial charge in [-0.25, -0.2) is 9.78 Å². The van der Waals surface area contributed by atoms with Gasteiger partial charge in [0.05, 0.1) is 11.0 Å². The van der Waals surface area contributed by atoms with Crippen molar-refractivity contribution in [1.29, 1.82) is 0 Å². The van der Waals surface area contributed by atoms with Crippen molar-refractivity contribution in [3.63, 3.8) is 0 Å². The van der Waals surface area contributed by atoms with E-state index in [0.29, 0.717) is 17.6 Å². The number of carboxylic acids is 1. The summed E-state index contributed by atoms with van der Waals surface area (Å²) in [5.41, 5.74) is 0.777. The highest BCUT2D eigenvalue weighted by Gasteiger charge is 2.46. The number of aromatic nitrogens is 2. The number of nitrogens with zero attached hydrogens (tertiary/aromatic N) is 3. The van der Waals surface area contributed by atoms with Crippen LogP contribution < -0.4 is 5.56 Å². The van der Waals surface area contributed by atoms with E-state index < -0.39 is 11.5 Å². The Morgan fingerprint density at radius 1 is 1.06 bits per heavy atom. The third-order valence-electron chi connectivity index (χ3n) is 6.97. The van der Waals surface area contributed by atoms with E-state index in [1.54, 1.807) is 10.6 Å². The monoisotopic (exact) mass is 425 g/mol. The molecule has 0 spiro atoms. The van der Waals surface area contributed by atoms with Crippen molar-refractivity contribution < 1.29 is 9.90 Å². The van der Waals surface area contributed by atoms with E-state index in [9.17, 15) is 14.7 Å². The first-order chi connectivity index (χ1) is 14.5. The Labute approximate surface area is 184 Å². The first kappa shape index (κ1) is 22.0. The molecular weight excluding hydrogens is 390 g/mol. The van der Waals surface area contributed by atoms with Gasteiger partial charge < -0.3 is 9.67 Å². The minimum absolute atomic E-state index is 0.00418. The first-order valence-electron chi connectivity index (χ1n) is 11.5. The predicted molar refractivity (Wildman–Crippen MR) is 123 cm³/mol. The summed E-state index contributed by atoms with van der Waals surface area (Å²) in [5.74, 6) is -1.26. The molecule has 0 radical (unpaired) electrons. The van der Waals surface area contributed by atoms with Crippen LogP contribution in [-0.2, 0) is 0 Å². The molecule has 2 aliphatic rings. The van der Waals surface area contributed by atoms with Crippen LogP contribution in [0.4, 0.5) is 0 Å². The van der Waals surface area contributed by atoms with Crippen molar-refractivity contribution in [3.8, 4) is 0 Å². The van der Waals surface area contributed by atoms with Gasteiger partial charge in [0.2, 0.25) is 5.69 Å². The fraction of sp³-hybridized carbons (Fsp3) is 0.640. The molecule has 1 aromatic heterocycles. The average Bonchev–Trinajstić information content (AvgIpc) is 2.64. The van der Waals surface area contributed by atoms with Crippen LogP contribution in [0.2, 0.25) is 0 Å². The molecular formula is C25H35N3O3. The Morgan fingerprint density at radius 2 is 1.68 bits per heavy atom. The van der Waals surface area contributed by atoms with Crippen molar-refractivity contribution >= 4 is 17.0 Å². The molecule has 2 bridgehead atoms. The smallest absolute Gasteiger partial charge is 0.360 e. The van der Waals surface area contributed by atoms with Crippen LogP contribution >= 0.6 is 0 Å². The second-order valence-corrected chi connectivity index (χ2v) is 11.3. The topological polar surface area (TPSA) is 75.4 Å². The lowest BCUT2D eigenvalue weighted by Gasteiger charge is -2.57. The molecule has 31 heavy (non-hydrogen) atoms. The first-order valence-corrected chi connectivity index (χ1v) is 11.5. The van der Waals surface area contributed by atoms with Crippen molar-refractivity contribution in [2.24, 2.45) is 5.41 Å². The molecule has 2 fully saturated rings. The van der Waals surface area contributed by atoms with Crippen molar-refractivity contribution in [1.82, 2.24) is 14.5 Å². The number of fused-ring (bicyclic) bond motifs is 3. The molecule has 2 aliphatic heterocycles. The second-order valence-electron chi connectivity index (χ2n) is 11.3. The zero-order valence-electron chi connectivity index (χ0n) is 19.4. The summed E-state index contributed by atoms with van der Waals surface area (Å²) in [7, 11) is 0. The van der Waals surface area contributed by atoms with Gasteiger partial charge in [0.15, 0.2) is 0 Å². The van der Waals surface area contributed by atoms with Crippen LogP contribution in [0.15, 0.2) is 29.1 Å². The molecule has 4 rings (SSSR count). The van der Waals surface area contributed by atoms with Crippen LogP contribution in [0.1, 0.15) is 89.7 Å². The summed E-state index contributed by atoms with van der Waals surface area (Å²) in [5, 5.41) is 9.58. The van der Waals surface area contributed by atoms with Gasteiger partial charge in [0.1, 0.15) is 0 Å². The minimum atomic E-state index is -1.26. The third kappa shape index (κ3) is 4.14. The molecule has 1 aromatic carbocycles. The summed E-state index contributed by atoms with van der Waals surface area (Å²) < 4.78 is 1.74. The maximum absolute atomic E-state index is 13.2. The Bertz CT molecular complexity index is 1040. The van der Waals surface area contributed by atoms with Gasteiger partial charge in [-0.05, 0) is 63.5 Å². The number of aromatic carboxylic acids is 1. The number of piperidine rings is 2. The van der Waals surface area contributed by atoms with Gasteiger partial charge in [0, 0.05) is 23.7 Å². The molecule has 0 amide bonds. The van der Waals surface area contributed by atoms with Crippen molar-refractivity contribution in [2.45, 2.75) is 96.8 Å². The number of carboxylic acid groups (broad SMARTS) is 1. The fourth-order valence-corrected chi connectivity index (χ4v) is 6.60. The third-order valence-corrected chi connectivity index (χ3v) is 6.97. The number of hydrogen-bond donors (Lipinski definition) is 1. The highest BCUT2D eigenvalue weighted by atomic mass is 16.4. The molecule has 1 unspecified atom stereocenters. The van der Waals surface area contributed by atoms with Gasteiger partial charge in [0.25, 0.3) is 5.56 Å². The molecule has 168 valence electrons. The van der Waals surface area contributed by atoms with E-state index in [2.05, 4.69) is 44.5 Å². The van der Waals surface area contributed by atoms with Gasteiger partial charge in [-0.15, -0.1) is 0 Å². The number of carbonyl (C=O) groups is 1. The quantitative estimate of drug-likeness (QED) is 0.756. The average molecular weight is 426 g/mol. The normalized spacial score (nSPS) is 25.0. The largest absolute Gasteiger partial charge is 0.476 e. The van der Waals surface area contributed by atoms with Crippen LogP contribution in [0.25, 0.3) is 11.0 Å². The summed E-state index contributed by atoms with van der Waals surface area (Å²) in [6, 6.07) is 8.21. The summed E-state index contributed by atoms with van der Waals surface area (Å²) in [4.78, 5) is 31.8. The number of para-hydroxylation sites is 2. The Kier molecular flexibility index (Phi) is 5.49. The summed E-state index contributed by atoms with van der Waals surface area (Å²) in [6.07, 6.45) is 6.33. The fourth-order valence-electron chi connectivity index (χ4n) is 6.60. The zero-order valence-corrected chi connectivity index (χ0v) is 19.4. The maximum Gasteiger partial charge on any atom is 0.360 e. The van der Waals surface area contributed by atoms with Gasteiger partial charge in [-0.1, -0.05) is 39.3 Å². The van der Waals surface area contributed by atoms with Crippen molar-refractivity contribution in [3.05, 3.63) is 40.3 Å². The van der Waals surface area contributed by atoms with Crippen molar-refractivity contribution in [2.75, 3.05) is 0 Å². The van der Waals surface area contributed by atoms with Gasteiger partial charge in [-0.3, -0.25) is 9.69 Å². The molecule has 2 saturated heterocycles. The van der Waals surface area contributed by atoms with Gasteiger partial charge in [-0.2, -0.15) is 0 Å². The van der Waals surface area contributed by atoms with E-state index in [4.69, 9.17) is 0 Å². The lowest BCUT2D eigenvalue weighted by atomic mass is 9.74. The van der Waals surface area contributed by atoms with Crippen LogP contribution in [-0.4, -0.2) is 43.1 Å². The van der Waals surface area contributed by atoms with Crippen LogP contribution in [0.3, 0.4) is 0 Å². The molecule has 2 aromatic rings.